The minimum absolute atomic E-state index is 0.171. The summed E-state index contributed by atoms with van der Waals surface area (Å²) < 4.78 is 5.71. The second kappa shape index (κ2) is 7.01. The van der Waals surface area contributed by atoms with Gasteiger partial charge in [-0.25, -0.2) is 0 Å². The van der Waals surface area contributed by atoms with Gasteiger partial charge in [-0.15, -0.1) is 0 Å². The average molecular weight is 333 g/mol. The van der Waals surface area contributed by atoms with Crippen molar-refractivity contribution < 1.29 is 14.3 Å². The molecule has 0 aliphatic heterocycles. The lowest BCUT2D eigenvalue weighted by molar-refractivity contribution is -0.141. The van der Waals surface area contributed by atoms with E-state index in [2.05, 4.69) is 15.9 Å². The zero-order chi connectivity index (χ0) is 14.4. The van der Waals surface area contributed by atoms with Gasteiger partial charge in [0.15, 0.2) is 6.61 Å². The summed E-state index contributed by atoms with van der Waals surface area (Å²) in [4.78, 5) is 23.6. The van der Waals surface area contributed by atoms with Crippen molar-refractivity contribution in [1.29, 1.82) is 0 Å². The summed E-state index contributed by atoms with van der Waals surface area (Å²) in [6, 6.07) is 16.3. The van der Waals surface area contributed by atoms with Crippen LogP contribution in [0.25, 0.3) is 0 Å². The normalized spacial score (nSPS) is 10.1. The third-order valence-corrected chi connectivity index (χ3v) is 3.42. The Hall–Kier alpha value is -1.94. The summed E-state index contributed by atoms with van der Waals surface area (Å²) in [6.07, 6.45) is 0.171. The Bertz CT molecular complexity index is 608. The van der Waals surface area contributed by atoms with E-state index in [1.165, 1.54) is 0 Å². The molecule has 0 saturated carbocycles. The molecule has 0 atom stereocenters. The predicted octanol–water partition coefficient (Wildman–Crippen LogP) is 3.42. The lowest BCUT2D eigenvalue weighted by Crippen LogP contribution is -2.16. The van der Waals surface area contributed by atoms with Gasteiger partial charge >= 0.3 is 5.97 Å². The van der Waals surface area contributed by atoms with Crippen LogP contribution in [0, 0.1) is 0 Å². The van der Waals surface area contributed by atoms with Crippen molar-refractivity contribution >= 4 is 27.7 Å². The molecule has 102 valence electrons. The minimum Gasteiger partial charge on any atom is -0.457 e. The molecule has 0 spiro atoms. The Kier molecular flexibility index (Phi) is 5.07. The predicted molar refractivity (Wildman–Crippen MR) is 79.6 cm³/mol. The maximum atomic E-state index is 11.9. The second-order valence-electron chi connectivity index (χ2n) is 4.23. The third-order valence-electron chi connectivity index (χ3n) is 2.73. The zero-order valence-corrected chi connectivity index (χ0v) is 12.3. The van der Waals surface area contributed by atoms with Crippen LogP contribution in [0.15, 0.2) is 59.1 Å². The molecular weight excluding hydrogens is 320 g/mol. The van der Waals surface area contributed by atoms with Gasteiger partial charge in [-0.2, -0.15) is 0 Å². The van der Waals surface area contributed by atoms with Crippen LogP contribution in [-0.2, 0) is 16.0 Å². The van der Waals surface area contributed by atoms with E-state index in [-0.39, 0.29) is 18.8 Å². The molecule has 0 aromatic heterocycles. The number of halogens is 1. The molecule has 0 saturated heterocycles. The Morgan fingerprint density at radius 3 is 2.30 bits per heavy atom. The monoisotopic (exact) mass is 332 g/mol. The van der Waals surface area contributed by atoms with Gasteiger partial charge in [0.05, 0.1) is 6.42 Å². The van der Waals surface area contributed by atoms with Crippen molar-refractivity contribution in [3.05, 3.63) is 70.2 Å². The molecule has 0 aliphatic carbocycles. The number of ether oxygens (including phenoxy) is 1. The highest BCUT2D eigenvalue weighted by molar-refractivity contribution is 9.10. The topological polar surface area (TPSA) is 43.4 Å². The van der Waals surface area contributed by atoms with E-state index in [4.69, 9.17) is 4.74 Å². The van der Waals surface area contributed by atoms with Gasteiger partial charge in [-0.3, -0.25) is 9.59 Å². The first kappa shape index (κ1) is 14.5. The van der Waals surface area contributed by atoms with Gasteiger partial charge in [0.25, 0.3) is 0 Å². The quantitative estimate of drug-likeness (QED) is 0.622. The molecular formula is C16H13BrO3. The maximum Gasteiger partial charge on any atom is 0.310 e. The highest BCUT2D eigenvalue weighted by atomic mass is 79.9. The number of benzene rings is 2. The number of ketones is 1. The number of esters is 1. The lowest BCUT2D eigenvalue weighted by Gasteiger charge is -2.05. The van der Waals surface area contributed by atoms with Crippen LogP contribution in [0.4, 0.5) is 0 Å². The van der Waals surface area contributed by atoms with Crippen LogP contribution < -0.4 is 0 Å². The Morgan fingerprint density at radius 1 is 0.950 bits per heavy atom. The summed E-state index contributed by atoms with van der Waals surface area (Å²) in [5.74, 6) is -0.629. The van der Waals surface area contributed by atoms with Crippen molar-refractivity contribution in [3.8, 4) is 0 Å². The number of Topliss-reactive ketones (excluding diaryl/α,β-unsaturated/α-hetero) is 1. The van der Waals surface area contributed by atoms with Gasteiger partial charge < -0.3 is 4.74 Å². The highest BCUT2D eigenvalue weighted by Crippen LogP contribution is 2.16. The number of carbonyl (C=O) groups is 2. The van der Waals surface area contributed by atoms with Crippen LogP contribution in [0.5, 0.6) is 0 Å². The number of carbonyl (C=O) groups excluding carboxylic acids is 2. The van der Waals surface area contributed by atoms with Gasteiger partial charge in [0.1, 0.15) is 0 Å². The molecule has 20 heavy (non-hydrogen) atoms. The molecule has 0 N–H and O–H groups in total. The van der Waals surface area contributed by atoms with Crippen molar-refractivity contribution in [2.45, 2.75) is 6.42 Å². The van der Waals surface area contributed by atoms with Crippen LogP contribution >= 0.6 is 15.9 Å². The molecule has 0 radical (unpaired) electrons. The first-order chi connectivity index (χ1) is 9.66. The van der Waals surface area contributed by atoms with Gasteiger partial charge in [0.2, 0.25) is 5.78 Å². The van der Waals surface area contributed by atoms with Gasteiger partial charge in [-0.05, 0) is 11.6 Å². The molecule has 2 aromatic carbocycles. The summed E-state index contributed by atoms with van der Waals surface area (Å²) in [7, 11) is 0. The molecule has 2 aromatic rings. The standard InChI is InChI=1S/C16H13BrO3/c17-14-9-5-4-8-13(14)15(18)11-20-16(19)10-12-6-2-1-3-7-12/h1-9H,10-11H2. The molecule has 0 heterocycles. The van der Waals surface area contributed by atoms with E-state index < -0.39 is 5.97 Å². The van der Waals surface area contributed by atoms with Crippen molar-refractivity contribution in [3.63, 3.8) is 0 Å². The molecule has 0 unspecified atom stereocenters. The van der Waals surface area contributed by atoms with E-state index in [0.29, 0.717) is 10.0 Å². The van der Waals surface area contributed by atoms with Crippen LogP contribution in [0.2, 0.25) is 0 Å². The minimum atomic E-state index is -0.406. The fourth-order valence-corrected chi connectivity index (χ4v) is 2.23. The van der Waals surface area contributed by atoms with Crippen LogP contribution in [0.3, 0.4) is 0 Å². The fourth-order valence-electron chi connectivity index (χ4n) is 1.72. The Balaban J connectivity index is 1.88. The van der Waals surface area contributed by atoms with E-state index in [1.54, 1.807) is 18.2 Å². The number of hydrogen-bond acceptors (Lipinski definition) is 3. The smallest absolute Gasteiger partial charge is 0.310 e. The Labute approximate surface area is 125 Å². The average Bonchev–Trinajstić information content (AvgIpc) is 2.46. The number of rotatable bonds is 5. The molecule has 0 bridgehead atoms. The highest BCUT2D eigenvalue weighted by Gasteiger charge is 2.12. The molecule has 4 heteroatoms. The number of hydrogen-bond donors (Lipinski definition) is 0. The summed E-state index contributed by atoms with van der Waals surface area (Å²) in [5, 5.41) is 0. The third kappa shape index (κ3) is 4.03. The van der Waals surface area contributed by atoms with Crippen molar-refractivity contribution in [1.82, 2.24) is 0 Å². The zero-order valence-electron chi connectivity index (χ0n) is 10.7. The van der Waals surface area contributed by atoms with E-state index in [9.17, 15) is 9.59 Å². The van der Waals surface area contributed by atoms with E-state index in [1.807, 2.05) is 36.4 Å². The van der Waals surface area contributed by atoms with Crippen molar-refractivity contribution in [2.75, 3.05) is 6.61 Å². The SMILES string of the molecule is O=C(Cc1ccccc1)OCC(=O)c1ccccc1Br. The molecule has 0 fully saturated rings. The van der Waals surface area contributed by atoms with Gasteiger partial charge in [0, 0.05) is 10.0 Å². The first-order valence-corrected chi connectivity index (χ1v) is 6.93. The van der Waals surface area contributed by atoms with Crippen molar-refractivity contribution in [2.24, 2.45) is 0 Å². The fraction of sp³-hybridized carbons (Fsp3) is 0.125. The van der Waals surface area contributed by atoms with Gasteiger partial charge in [-0.1, -0.05) is 64.5 Å². The largest absolute Gasteiger partial charge is 0.457 e. The maximum absolute atomic E-state index is 11.9. The summed E-state index contributed by atoms with van der Waals surface area (Å²) in [6.45, 7) is -0.242. The Morgan fingerprint density at radius 2 is 1.60 bits per heavy atom. The van der Waals surface area contributed by atoms with Crippen LogP contribution in [-0.4, -0.2) is 18.4 Å². The molecule has 0 amide bonds. The summed E-state index contributed by atoms with van der Waals surface area (Å²) in [5.41, 5.74) is 1.38. The van der Waals surface area contributed by atoms with E-state index in [0.717, 1.165) is 5.56 Å². The molecule has 0 aliphatic rings. The lowest BCUT2D eigenvalue weighted by atomic mass is 10.1. The molecule has 2 rings (SSSR count). The summed E-state index contributed by atoms with van der Waals surface area (Å²) >= 11 is 3.30. The molecule has 3 nitrogen and oxygen atoms in total. The van der Waals surface area contributed by atoms with E-state index >= 15 is 0 Å². The second-order valence-corrected chi connectivity index (χ2v) is 5.08. The van der Waals surface area contributed by atoms with Crippen LogP contribution in [0.1, 0.15) is 15.9 Å². The first-order valence-electron chi connectivity index (χ1n) is 6.14.